The molecule has 2 heterocycles. The molecular weight excluding hydrogens is 482 g/mol. The van der Waals surface area contributed by atoms with Crippen molar-refractivity contribution < 1.29 is 23.9 Å². The van der Waals surface area contributed by atoms with Gasteiger partial charge in [-0.05, 0) is 62.9 Å². The van der Waals surface area contributed by atoms with E-state index in [1.807, 2.05) is 30.3 Å². The predicted molar refractivity (Wildman–Crippen MR) is 136 cm³/mol. The van der Waals surface area contributed by atoms with E-state index < -0.39 is 23.7 Å². The number of para-hydroxylation sites is 1. The third kappa shape index (κ3) is 6.10. The second-order valence-corrected chi connectivity index (χ2v) is 10.5. The Morgan fingerprint density at radius 3 is 2.61 bits per heavy atom. The number of carbonyl (C=O) groups is 3. The van der Waals surface area contributed by atoms with E-state index in [9.17, 15) is 14.4 Å². The van der Waals surface area contributed by atoms with Gasteiger partial charge < -0.3 is 25.0 Å². The molecule has 2 aromatic carbocycles. The molecule has 0 aromatic heterocycles. The average molecular weight is 514 g/mol. The Labute approximate surface area is 216 Å². The van der Waals surface area contributed by atoms with Gasteiger partial charge in [0, 0.05) is 30.2 Å². The quantitative estimate of drug-likeness (QED) is 0.605. The molecule has 192 valence electrons. The summed E-state index contributed by atoms with van der Waals surface area (Å²) >= 11 is 6.20. The van der Waals surface area contributed by atoms with E-state index in [0.717, 1.165) is 28.9 Å². The highest BCUT2D eigenvalue weighted by Gasteiger charge is 2.40. The van der Waals surface area contributed by atoms with Crippen molar-refractivity contribution in [2.75, 3.05) is 13.2 Å². The van der Waals surface area contributed by atoms with Gasteiger partial charge in [-0.1, -0.05) is 35.9 Å². The fraction of sp³-hybridized carbons (Fsp3) is 0.444. The molecule has 1 unspecified atom stereocenters. The fourth-order valence-corrected chi connectivity index (χ4v) is 4.78. The first-order chi connectivity index (χ1) is 17.1. The van der Waals surface area contributed by atoms with Crippen LogP contribution in [-0.4, -0.2) is 47.6 Å². The van der Waals surface area contributed by atoms with Crippen LogP contribution in [0.2, 0.25) is 5.02 Å². The first kappa shape index (κ1) is 25.8. The van der Waals surface area contributed by atoms with Gasteiger partial charge in [0.15, 0.2) is 0 Å². The number of amides is 3. The van der Waals surface area contributed by atoms with E-state index in [2.05, 4.69) is 10.6 Å². The standard InChI is InChI=1S/C27H32ClN3O5/c1-27(2,3)36-26(34)30-14-17-10-11-19(28)13-18(17)15-29-24(32)22-8-6-12-31(22)25(33)21-16-35-23-9-5-4-7-20(21)23/h4-5,7,9-11,13,21-22H,6,8,12,14-16H2,1-3H3,(H,29,32)(H,30,34)/t21?,22-/m0/s1. The fourth-order valence-electron chi connectivity index (χ4n) is 4.58. The van der Waals surface area contributed by atoms with E-state index in [0.29, 0.717) is 24.6 Å². The minimum Gasteiger partial charge on any atom is -0.492 e. The van der Waals surface area contributed by atoms with Crippen LogP contribution < -0.4 is 15.4 Å². The Balaban J connectivity index is 1.38. The number of nitrogens with one attached hydrogen (secondary N) is 2. The zero-order valence-corrected chi connectivity index (χ0v) is 21.6. The minimum atomic E-state index is -0.599. The van der Waals surface area contributed by atoms with Gasteiger partial charge in [0.2, 0.25) is 11.8 Å². The number of hydrogen-bond donors (Lipinski definition) is 2. The number of benzene rings is 2. The van der Waals surface area contributed by atoms with Crippen LogP contribution in [0.4, 0.5) is 4.79 Å². The Morgan fingerprint density at radius 2 is 1.83 bits per heavy atom. The largest absolute Gasteiger partial charge is 0.492 e. The van der Waals surface area contributed by atoms with Gasteiger partial charge in [-0.15, -0.1) is 0 Å². The lowest BCUT2D eigenvalue weighted by molar-refractivity contribution is -0.139. The van der Waals surface area contributed by atoms with Crippen LogP contribution in [0.15, 0.2) is 42.5 Å². The van der Waals surface area contributed by atoms with Gasteiger partial charge >= 0.3 is 6.09 Å². The lowest BCUT2D eigenvalue weighted by atomic mass is 9.99. The molecule has 9 heteroatoms. The maximum Gasteiger partial charge on any atom is 0.407 e. The molecule has 2 aliphatic rings. The number of rotatable bonds is 6. The zero-order valence-electron chi connectivity index (χ0n) is 20.8. The molecular formula is C27H32ClN3O5. The topological polar surface area (TPSA) is 97.0 Å². The molecule has 36 heavy (non-hydrogen) atoms. The molecule has 8 nitrogen and oxygen atoms in total. The van der Waals surface area contributed by atoms with Crippen LogP contribution in [0.25, 0.3) is 0 Å². The maximum atomic E-state index is 13.3. The number of alkyl carbamates (subject to hydrolysis) is 1. The monoisotopic (exact) mass is 513 g/mol. The van der Waals surface area contributed by atoms with Crippen LogP contribution in [0.5, 0.6) is 5.75 Å². The summed E-state index contributed by atoms with van der Waals surface area (Å²) in [5.74, 6) is 0.0410. The number of fused-ring (bicyclic) bond motifs is 1. The molecule has 0 spiro atoms. The smallest absolute Gasteiger partial charge is 0.407 e. The average Bonchev–Trinajstić information content (AvgIpc) is 3.48. The van der Waals surface area contributed by atoms with Crippen molar-refractivity contribution in [2.45, 2.75) is 64.3 Å². The number of nitrogens with zero attached hydrogens (tertiary/aromatic N) is 1. The SMILES string of the molecule is CC(C)(C)OC(=O)NCc1ccc(Cl)cc1CNC(=O)[C@@H]1CCCN1C(=O)C1COc2ccccc21. The molecule has 2 aliphatic heterocycles. The summed E-state index contributed by atoms with van der Waals surface area (Å²) in [6.45, 7) is 6.67. The van der Waals surface area contributed by atoms with Crippen LogP contribution in [-0.2, 0) is 27.4 Å². The van der Waals surface area contributed by atoms with Gasteiger partial charge in [-0.3, -0.25) is 9.59 Å². The van der Waals surface area contributed by atoms with Gasteiger partial charge in [-0.2, -0.15) is 0 Å². The molecule has 1 saturated heterocycles. The normalized spacial score (nSPS) is 18.8. The minimum absolute atomic E-state index is 0.0809. The number of likely N-dealkylation sites (tertiary alicyclic amines) is 1. The van der Waals surface area contributed by atoms with Crippen molar-refractivity contribution >= 4 is 29.5 Å². The van der Waals surface area contributed by atoms with Crippen molar-refractivity contribution in [1.29, 1.82) is 0 Å². The van der Waals surface area contributed by atoms with E-state index in [1.54, 1.807) is 37.8 Å². The second-order valence-electron chi connectivity index (χ2n) is 10.1. The van der Waals surface area contributed by atoms with Crippen molar-refractivity contribution in [3.63, 3.8) is 0 Å². The van der Waals surface area contributed by atoms with Gasteiger partial charge in [-0.25, -0.2) is 4.79 Å². The van der Waals surface area contributed by atoms with E-state index >= 15 is 0 Å². The van der Waals surface area contributed by atoms with Crippen LogP contribution in [0.3, 0.4) is 0 Å². The number of halogens is 1. The zero-order chi connectivity index (χ0) is 25.9. The molecule has 2 N–H and O–H groups in total. The van der Waals surface area contributed by atoms with E-state index in [4.69, 9.17) is 21.1 Å². The lowest BCUT2D eigenvalue weighted by Crippen LogP contribution is -2.47. The van der Waals surface area contributed by atoms with Crippen LogP contribution >= 0.6 is 11.6 Å². The number of ether oxygens (including phenoxy) is 2. The third-order valence-corrected chi connectivity index (χ3v) is 6.52. The molecule has 0 aliphatic carbocycles. The highest BCUT2D eigenvalue weighted by Crippen LogP contribution is 2.36. The molecule has 0 saturated carbocycles. The molecule has 4 rings (SSSR count). The first-order valence-electron chi connectivity index (χ1n) is 12.2. The van der Waals surface area contributed by atoms with Gasteiger partial charge in [0.1, 0.15) is 29.9 Å². The van der Waals surface area contributed by atoms with Crippen molar-refractivity contribution in [2.24, 2.45) is 0 Å². The Morgan fingerprint density at radius 1 is 1.08 bits per heavy atom. The molecule has 2 atom stereocenters. The summed E-state index contributed by atoms with van der Waals surface area (Å²) in [6, 6.07) is 12.3. The second kappa shape index (κ2) is 10.8. The summed E-state index contributed by atoms with van der Waals surface area (Å²) in [6.07, 6.45) is 0.849. The number of carbonyl (C=O) groups excluding carboxylic acids is 3. The number of hydrogen-bond acceptors (Lipinski definition) is 5. The van der Waals surface area contributed by atoms with Gasteiger partial charge in [0.05, 0.1) is 0 Å². The summed E-state index contributed by atoms with van der Waals surface area (Å²) in [7, 11) is 0. The molecule has 0 radical (unpaired) electrons. The third-order valence-electron chi connectivity index (χ3n) is 6.28. The molecule has 2 aromatic rings. The van der Waals surface area contributed by atoms with E-state index in [-0.39, 0.29) is 24.9 Å². The van der Waals surface area contributed by atoms with E-state index in [1.165, 1.54) is 0 Å². The van der Waals surface area contributed by atoms with Gasteiger partial charge in [0.25, 0.3) is 0 Å². The summed E-state index contributed by atoms with van der Waals surface area (Å²) in [4.78, 5) is 40.2. The Bertz CT molecular complexity index is 1150. The lowest BCUT2D eigenvalue weighted by Gasteiger charge is -2.26. The highest BCUT2D eigenvalue weighted by atomic mass is 35.5. The first-order valence-corrected chi connectivity index (χ1v) is 12.5. The van der Waals surface area contributed by atoms with Crippen molar-refractivity contribution in [3.05, 3.63) is 64.2 Å². The van der Waals surface area contributed by atoms with Crippen LogP contribution in [0, 0.1) is 0 Å². The Kier molecular flexibility index (Phi) is 7.73. The van der Waals surface area contributed by atoms with Crippen molar-refractivity contribution in [3.8, 4) is 5.75 Å². The summed E-state index contributed by atoms with van der Waals surface area (Å²) in [5.41, 5.74) is 1.86. The highest BCUT2D eigenvalue weighted by molar-refractivity contribution is 6.30. The predicted octanol–water partition coefficient (Wildman–Crippen LogP) is 4.15. The Hall–Kier alpha value is -3.26. The summed E-state index contributed by atoms with van der Waals surface area (Å²) in [5, 5.41) is 6.23. The van der Waals surface area contributed by atoms with Crippen LogP contribution in [0.1, 0.15) is 56.2 Å². The molecule has 1 fully saturated rings. The van der Waals surface area contributed by atoms with Crippen molar-refractivity contribution in [1.82, 2.24) is 15.5 Å². The molecule has 0 bridgehead atoms. The maximum absolute atomic E-state index is 13.3. The summed E-state index contributed by atoms with van der Waals surface area (Å²) < 4.78 is 11.0. The molecule has 3 amide bonds.